The molecule has 1 saturated heterocycles. The number of alkyl halides is 4. The summed E-state index contributed by atoms with van der Waals surface area (Å²) in [6.07, 6.45) is -8.54. The van der Waals surface area contributed by atoms with Crippen LogP contribution >= 0.6 is 23.2 Å². The molecule has 1 aliphatic heterocycles. The van der Waals surface area contributed by atoms with Crippen molar-refractivity contribution in [3.63, 3.8) is 0 Å². The number of hydrogen-bond donors (Lipinski definition) is 1. The van der Waals surface area contributed by atoms with E-state index in [1.54, 1.807) is 18.2 Å². The molecule has 1 aliphatic carbocycles. The molecule has 0 amide bonds. The van der Waals surface area contributed by atoms with Crippen LogP contribution in [0.25, 0.3) is 0 Å². The lowest BCUT2D eigenvalue weighted by atomic mass is 10.0. The van der Waals surface area contributed by atoms with E-state index in [-0.39, 0.29) is 18.0 Å². The molecule has 0 aromatic heterocycles. The van der Waals surface area contributed by atoms with Gasteiger partial charge in [0.05, 0.1) is 6.54 Å². The average Bonchev–Trinajstić information content (AvgIpc) is 2.52. The van der Waals surface area contributed by atoms with E-state index < -0.39 is 24.4 Å². The van der Waals surface area contributed by atoms with Gasteiger partial charge in [-0.15, -0.1) is 0 Å². The fourth-order valence-electron chi connectivity index (χ4n) is 2.46. The van der Waals surface area contributed by atoms with E-state index in [2.05, 4.69) is 14.5 Å². The van der Waals surface area contributed by atoms with Crippen molar-refractivity contribution in [2.75, 3.05) is 0 Å². The highest BCUT2D eigenvalue weighted by Gasteiger charge is 2.65. The summed E-state index contributed by atoms with van der Waals surface area (Å²) >= 11 is 11.8. The molecule has 0 spiro atoms. The lowest BCUT2D eigenvalue weighted by molar-refractivity contribution is -0.478. The van der Waals surface area contributed by atoms with Crippen LogP contribution in [0.1, 0.15) is 5.56 Å². The van der Waals surface area contributed by atoms with Gasteiger partial charge in [0.2, 0.25) is 0 Å². The van der Waals surface area contributed by atoms with Crippen molar-refractivity contribution in [2.24, 2.45) is 10.7 Å². The van der Waals surface area contributed by atoms with Gasteiger partial charge in [-0.05, 0) is 29.8 Å². The molecule has 140 valence electrons. The van der Waals surface area contributed by atoms with Gasteiger partial charge in [-0.1, -0.05) is 35.4 Å². The molecule has 1 heterocycles. The minimum Gasteiger partial charge on any atom is -0.384 e. The second-order valence-electron chi connectivity index (χ2n) is 5.66. The first-order valence-corrected chi connectivity index (χ1v) is 8.09. The normalized spacial score (nSPS) is 27.0. The predicted molar refractivity (Wildman–Crippen MR) is 88.7 cm³/mol. The van der Waals surface area contributed by atoms with Crippen LogP contribution in [-0.4, -0.2) is 30.3 Å². The van der Waals surface area contributed by atoms with Gasteiger partial charge in [0, 0.05) is 15.6 Å². The first kappa shape index (κ1) is 19.2. The molecular formula is C16H12Cl2F4N2O2. The van der Waals surface area contributed by atoms with Gasteiger partial charge >= 0.3 is 12.2 Å². The van der Waals surface area contributed by atoms with Crippen LogP contribution in [0.15, 0.2) is 47.0 Å². The van der Waals surface area contributed by atoms with Crippen LogP contribution in [0.4, 0.5) is 17.6 Å². The number of aliphatic imine (C=N–C) groups is 1. The predicted octanol–water partition coefficient (Wildman–Crippen LogP) is 4.32. The summed E-state index contributed by atoms with van der Waals surface area (Å²) in [4.78, 5) is 4.13. The van der Waals surface area contributed by atoms with Crippen LogP contribution in [0.5, 0.6) is 0 Å². The van der Waals surface area contributed by atoms with Gasteiger partial charge in [0.15, 0.2) is 0 Å². The standard InChI is InChI=1S/C16H12Cl2F4N2O2/c17-10-3-8(4-11(18)6-10)7-24-14(23)9-1-2-12-13(5-9)26-16(21,22)15(19,20)25-12/h1-6,12-13H,7H2,(H2,23,24). The number of rotatable bonds is 3. The van der Waals surface area contributed by atoms with Gasteiger partial charge in [-0.3, -0.25) is 4.99 Å². The summed E-state index contributed by atoms with van der Waals surface area (Å²) in [5.74, 6) is 0.0139. The molecule has 4 nitrogen and oxygen atoms in total. The molecule has 0 bridgehead atoms. The van der Waals surface area contributed by atoms with Gasteiger partial charge in [-0.25, -0.2) is 0 Å². The third kappa shape index (κ3) is 3.88. The second-order valence-corrected chi connectivity index (χ2v) is 6.53. The van der Waals surface area contributed by atoms with Crippen molar-refractivity contribution in [1.82, 2.24) is 0 Å². The molecule has 1 aromatic carbocycles. The van der Waals surface area contributed by atoms with Crippen molar-refractivity contribution in [3.05, 3.63) is 57.6 Å². The molecule has 1 aromatic rings. The number of nitrogens with two attached hydrogens (primary N) is 1. The molecule has 2 atom stereocenters. The van der Waals surface area contributed by atoms with E-state index in [4.69, 9.17) is 28.9 Å². The first-order chi connectivity index (χ1) is 12.1. The lowest BCUT2D eigenvalue weighted by Crippen LogP contribution is -2.57. The molecule has 26 heavy (non-hydrogen) atoms. The van der Waals surface area contributed by atoms with Crippen LogP contribution in [0, 0.1) is 0 Å². The van der Waals surface area contributed by atoms with E-state index in [9.17, 15) is 17.6 Å². The quantitative estimate of drug-likeness (QED) is 0.458. The molecule has 3 rings (SSSR count). The Labute approximate surface area is 155 Å². The van der Waals surface area contributed by atoms with E-state index in [0.717, 1.165) is 6.08 Å². The molecule has 2 aliphatic rings. The minimum absolute atomic E-state index is 0.0139. The summed E-state index contributed by atoms with van der Waals surface area (Å²) in [6, 6.07) is 4.85. The van der Waals surface area contributed by atoms with E-state index >= 15 is 0 Å². The van der Waals surface area contributed by atoms with Gasteiger partial charge in [-0.2, -0.15) is 17.6 Å². The third-order valence-corrected chi connectivity index (χ3v) is 4.13. The SMILES string of the molecule is NC(=NCc1cc(Cl)cc(Cl)c1)C1=CC2OC(F)(F)C(F)(F)OC2C=C1. The number of nitrogens with zero attached hydrogens (tertiary/aromatic N) is 1. The zero-order valence-electron chi connectivity index (χ0n) is 12.9. The molecule has 2 unspecified atom stereocenters. The minimum atomic E-state index is -4.75. The number of hydrogen-bond acceptors (Lipinski definition) is 3. The number of benzene rings is 1. The Morgan fingerprint density at radius 3 is 2.23 bits per heavy atom. The van der Waals surface area contributed by atoms with Crippen molar-refractivity contribution >= 4 is 29.0 Å². The summed E-state index contributed by atoms with van der Waals surface area (Å²) in [5, 5.41) is 0.855. The van der Waals surface area contributed by atoms with Gasteiger partial charge < -0.3 is 15.2 Å². The smallest absolute Gasteiger partial charge is 0.384 e. The highest BCUT2D eigenvalue weighted by Crippen LogP contribution is 2.44. The Morgan fingerprint density at radius 2 is 1.62 bits per heavy atom. The summed E-state index contributed by atoms with van der Waals surface area (Å²) < 4.78 is 61.2. The van der Waals surface area contributed by atoms with Crippen LogP contribution in [0.3, 0.4) is 0 Å². The Hall–Kier alpha value is -1.61. The zero-order valence-corrected chi connectivity index (χ0v) is 14.4. The third-order valence-electron chi connectivity index (χ3n) is 3.69. The molecule has 0 radical (unpaired) electrons. The van der Waals surface area contributed by atoms with Crippen LogP contribution in [0.2, 0.25) is 10.0 Å². The van der Waals surface area contributed by atoms with Crippen molar-refractivity contribution in [3.8, 4) is 0 Å². The summed E-state index contributed by atoms with van der Waals surface area (Å²) in [7, 11) is 0. The number of fused-ring (bicyclic) bond motifs is 1. The summed E-state index contributed by atoms with van der Waals surface area (Å²) in [5.41, 5.74) is 6.79. The molecule has 2 N–H and O–H groups in total. The lowest BCUT2D eigenvalue weighted by Gasteiger charge is -2.39. The Kier molecular flexibility index (Phi) is 5.04. The van der Waals surface area contributed by atoms with Crippen molar-refractivity contribution < 1.29 is 27.0 Å². The fourth-order valence-corrected chi connectivity index (χ4v) is 3.03. The highest BCUT2D eigenvalue weighted by molar-refractivity contribution is 6.34. The topological polar surface area (TPSA) is 56.8 Å². The van der Waals surface area contributed by atoms with Gasteiger partial charge in [0.1, 0.15) is 18.0 Å². The number of amidine groups is 1. The number of halogens is 6. The van der Waals surface area contributed by atoms with Gasteiger partial charge in [0.25, 0.3) is 0 Å². The Morgan fingerprint density at radius 1 is 1.04 bits per heavy atom. The van der Waals surface area contributed by atoms with E-state index in [0.29, 0.717) is 15.6 Å². The Bertz CT molecular complexity index is 791. The highest BCUT2D eigenvalue weighted by atomic mass is 35.5. The Balaban J connectivity index is 1.76. The summed E-state index contributed by atoms with van der Waals surface area (Å²) in [6.45, 7) is 0.136. The van der Waals surface area contributed by atoms with Crippen molar-refractivity contribution in [2.45, 2.75) is 31.0 Å². The molecule has 1 fully saturated rings. The maximum Gasteiger partial charge on any atom is 0.449 e. The number of ether oxygens (including phenoxy) is 2. The largest absolute Gasteiger partial charge is 0.449 e. The van der Waals surface area contributed by atoms with Crippen LogP contribution in [-0.2, 0) is 16.0 Å². The maximum absolute atomic E-state index is 13.3. The van der Waals surface area contributed by atoms with Crippen molar-refractivity contribution in [1.29, 1.82) is 0 Å². The maximum atomic E-state index is 13.3. The van der Waals surface area contributed by atoms with E-state index in [1.807, 2.05) is 0 Å². The second kappa shape index (κ2) is 6.84. The molecule has 10 heteroatoms. The van der Waals surface area contributed by atoms with E-state index in [1.165, 1.54) is 12.2 Å². The molecular weight excluding hydrogens is 399 g/mol. The monoisotopic (exact) mass is 410 g/mol. The van der Waals surface area contributed by atoms with Crippen LogP contribution < -0.4 is 5.73 Å². The molecule has 0 saturated carbocycles. The first-order valence-electron chi connectivity index (χ1n) is 7.34. The average molecular weight is 411 g/mol. The fraction of sp³-hybridized carbons (Fsp3) is 0.312. The zero-order chi connectivity index (χ0) is 19.1.